The average molecular weight is 282 g/mol. The van der Waals surface area contributed by atoms with Crippen LogP contribution in [0.15, 0.2) is 18.2 Å². The number of hydrogen-bond donors (Lipinski definition) is 2. The molecule has 2 N–H and O–H groups in total. The third kappa shape index (κ3) is 2.93. The van der Waals surface area contributed by atoms with E-state index in [1.165, 1.54) is 0 Å². The summed E-state index contributed by atoms with van der Waals surface area (Å²) < 4.78 is 13.6. The molecular formula is C13H15FN2O4. The molecule has 0 aromatic heterocycles. The molecule has 1 amide bonds. The molecule has 6 nitrogen and oxygen atoms in total. The highest BCUT2D eigenvalue weighted by Crippen LogP contribution is 2.26. The molecule has 108 valence electrons. The van der Waals surface area contributed by atoms with Crippen LogP contribution >= 0.6 is 0 Å². The van der Waals surface area contributed by atoms with E-state index in [0.29, 0.717) is 6.42 Å². The molecule has 0 heterocycles. The van der Waals surface area contributed by atoms with Gasteiger partial charge < -0.3 is 10.4 Å². The van der Waals surface area contributed by atoms with Gasteiger partial charge in [0.25, 0.3) is 11.6 Å². The first-order valence-electron chi connectivity index (χ1n) is 6.38. The molecule has 0 radical (unpaired) electrons. The van der Waals surface area contributed by atoms with Crippen molar-refractivity contribution in [1.29, 1.82) is 0 Å². The van der Waals surface area contributed by atoms with Crippen LogP contribution in [0.5, 0.6) is 0 Å². The second-order valence-electron chi connectivity index (χ2n) is 4.87. The number of aliphatic hydroxyl groups excluding tert-OH is 1. The van der Waals surface area contributed by atoms with Crippen molar-refractivity contribution in [2.75, 3.05) is 6.61 Å². The van der Waals surface area contributed by atoms with E-state index in [1.807, 2.05) is 0 Å². The quantitative estimate of drug-likeness (QED) is 0.648. The number of nitrogens with one attached hydrogen (secondary N) is 1. The summed E-state index contributed by atoms with van der Waals surface area (Å²) in [6.07, 6.45) is 2.40. The Morgan fingerprint density at radius 1 is 1.50 bits per heavy atom. The van der Waals surface area contributed by atoms with E-state index in [2.05, 4.69) is 5.32 Å². The highest BCUT2D eigenvalue weighted by atomic mass is 19.1. The molecule has 1 fully saturated rings. The third-order valence-corrected chi connectivity index (χ3v) is 3.62. The zero-order valence-corrected chi connectivity index (χ0v) is 10.7. The van der Waals surface area contributed by atoms with Crippen molar-refractivity contribution in [2.24, 2.45) is 5.92 Å². The van der Waals surface area contributed by atoms with E-state index in [1.54, 1.807) is 0 Å². The number of nitrogens with zero attached hydrogens (tertiary/aromatic N) is 1. The molecule has 1 aromatic rings. The van der Waals surface area contributed by atoms with Gasteiger partial charge in [0.15, 0.2) is 0 Å². The van der Waals surface area contributed by atoms with Gasteiger partial charge in [-0.2, -0.15) is 0 Å². The topological polar surface area (TPSA) is 92.5 Å². The maximum Gasteiger partial charge on any atom is 0.270 e. The first-order chi connectivity index (χ1) is 9.52. The normalized spacial score (nSPS) is 21.7. The molecule has 0 saturated heterocycles. The molecule has 0 bridgehead atoms. The maximum atomic E-state index is 13.6. The number of carbonyl (C=O) groups is 1. The Balaban J connectivity index is 2.16. The largest absolute Gasteiger partial charge is 0.396 e. The van der Waals surface area contributed by atoms with E-state index in [0.717, 1.165) is 31.0 Å². The van der Waals surface area contributed by atoms with Crippen molar-refractivity contribution in [1.82, 2.24) is 5.32 Å². The highest BCUT2D eigenvalue weighted by molar-refractivity contribution is 5.95. The lowest BCUT2D eigenvalue weighted by Gasteiger charge is -2.19. The molecule has 7 heteroatoms. The number of benzene rings is 1. The van der Waals surface area contributed by atoms with Gasteiger partial charge >= 0.3 is 0 Å². The number of aliphatic hydroxyl groups is 1. The third-order valence-electron chi connectivity index (χ3n) is 3.62. The summed E-state index contributed by atoms with van der Waals surface area (Å²) >= 11 is 0. The fraction of sp³-hybridized carbons (Fsp3) is 0.462. The Morgan fingerprint density at radius 2 is 2.25 bits per heavy atom. The van der Waals surface area contributed by atoms with Gasteiger partial charge in [0, 0.05) is 30.7 Å². The zero-order chi connectivity index (χ0) is 14.7. The van der Waals surface area contributed by atoms with Crippen LogP contribution in [-0.4, -0.2) is 28.6 Å². The molecular weight excluding hydrogens is 267 g/mol. The van der Waals surface area contributed by atoms with Gasteiger partial charge in [0.05, 0.1) is 10.5 Å². The fourth-order valence-electron chi connectivity index (χ4n) is 2.49. The minimum absolute atomic E-state index is 0.0393. The molecule has 1 saturated carbocycles. The van der Waals surface area contributed by atoms with Crippen LogP contribution < -0.4 is 5.32 Å². The van der Waals surface area contributed by atoms with Crippen LogP contribution in [0.25, 0.3) is 0 Å². The van der Waals surface area contributed by atoms with Gasteiger partial charge in [-0.1, -0.05) is 6.42 Å². The van der Waals surface area contributed by atoms with E-state index in [-0.39, 0.29) is 29.8 Å². The van der Waals surface area contributed by atoms with E-state index >= 15 is 0 Å². The summed E-state index contributed by atoms with van der Waals surface area (Å²) in [5.41, 5.74) is -0.676. The predicted octanol–water partition coefficient (Wildman–Crippen LogP) is 1.62. The zero-order valence-electron chi connectivity index (χ0n) is 10.7. The number of hydrogen-bond acceptors (Lipinski definition) is 4. The number of halogens is 1. The number of amides is 1. The van der Waals surface area contributed by atoms with Crippen LogP contribution in [0.4, 0.5) is 10.1 Å². The second-order valence-corrected chi connectivity index (χ2v) is 4.87. The molecule has 2 unspecified atom stereocenters. The first kappa shape index (κ1) is 14.4. The Bertz CT molecular complexity index is 535. The van der Waals surface area contributed by atoms with E-state index in [4.69, 9.17) is 0 Å². The second kappa shape index (κ2) is 5.96. The molecule has 2 atom stereocenters. The lowest BCUT2D eigenvalue weighted by Crippen LogP contribution is -2.38. The van der Waals surface area contributed by atoms with Crippen LogP contribution in [0.2, 0.25) is 0 Å². The summed E-state index contributed by atoms with van der Waals surface area (Å²) in [4.78, 5) is 22.0. The number of non-ortho nitro benzene ring substituents is 1. The molecule has 20 heavy (non-hydrogen) atoms. The van der Waals surface area contributed by atoms with Crippen LogP contribution in [0.3, 0.4) is 0 Å². The van der Waals surface area contributed by atoms with Crippen molar-refractivity contribution >= 4 is 11.6 Å². The number of nitro groups is 1. The minimum atomic E-state index is -0.799. The maximum absolute atomic E-state index is 13.6. The van der Waals surface area contributed by atoms with Gasteiger partial charge in [-0.15, -0.1) is 0 Å². The summed E-state index contributed by atoms with van der Waals surface area (Å²) in [6, 6.07) is 2.63. The Hall–Kier alpha value is -2.02. The smallest absolute Gasteiger partial charge is 0.270 e. The molecule has 0 spiro atoms. The Morgan fingerprint density at radius 3 is 2.90 bits per heavy atom. The fourth-order valence-corrected chi connectivity index (χ4v) is 2.49. The summed E-state index contributed by atoms with van der Waals surface area (Å²) in [5.74, 6) is -1.52. The predicted molar refractivity (Wildman–Crippen MR) is 68.7 cm³/mol. The van der Waals surface area contributed by atoms with Gasteiger partial charge in [0.2, 0.25) is 0 Å². The van der Waals surface area contributed by atoms with Crippen LogP contribution in [-0.2, 0) is 0 Å². The molecule has 1 aromatic carbocycles. The van der Waals surface area contributed by atoms with E-state index < -0.39 is 16.6 Å². The van der Waals surface area contributed by atoms with Crippen molar-refractivity contribution in [3.05, 3.63) is 39.7 Å². The average Bonchev–Trinajstić information content (AvgIpc) is 2.86. The SMILES string of the molecule is O=C(NC1CCCC1CO)c1cc([N+](=O)[O-])ccc1F. The summed E-state index contributed by atoms with van der Waals surface area (Å²) in [5, 5.41) is 22.5. The molecule has 1 aliphatic carbocycles. The van der Waals surface area contributed by atoms with Crippen molar-refractivity contribution in [3.63, 3.8) is 0 Å². The Kier molecular flexibility index (Phi) is 4.29. The van der Waals surface area contributed by atoms with Gasteiger partial charge in [-0.05, 0) is 18.9 Å². The summed E-state index contributed by atoms with van der Waals surface area (Å²) in [7, 11) is 0. The molecule has 0 aliphatic heterocycles. The minimum Gasteiger partial charge on any atom is -0.396 e. The number of nitro benzene ring substituents is 1. The van der Waals surface area contributed by atoms with Crippen molar-refractivity contribution in [2.45, 2.75) is 25.3 Å². The van der Waals surface area contributed by atoms with Crippen LogP contribution in [0, 0.1) is 21.8 Å². The lowest BCUT2D eigenvalue weighted by molar-refractivity contribution is -0.384. The van der Waals surface area contributed by atoms with Crippen LogP contribution in [0.1, 0.15) is 29.6 Å². The van der Waals surface area contributed by atoms with Gasteiger partial charge in [0.1, 0.15) is 5.82 Å². The van der Waals surface area contributed by atoms with Crippen molar-refractivity contribution < 1.29 is 19.2 Å². The highest BCUT2D eigenvalue weighted by Gasteiger charge is 2.29. The Labute approximate surface area is 114 Å². The standard InChI is InChI=1S/C13H15FN2O4/c14-11-5-4-9(16(19)20)6-10(11)13(18)15-12-3-1-2-8(12)7-17/h4-6,8,12,17H,1-3,7H2,(H,15,18). The summed E-state index contributed by atoms with van der Waals surface area (Å²) in [6.45, 7) is -0.0393. The number of rotatable bonds is 4. The first-order valence-corrected chi connectivity index (χ1v) is 6.38. The number of carbonyl (C=O) groups excluding carboxylic acids is 1. The van der Waals surface area contributed by atoms with Gasteiger partial charge in [-0.3, -0.25) is 14.9 Å². The molecule has 1 aliphatic rings. The van der Waals surface area contributed by atoms with Gasteiger partial charge in [-0.25, -0.2) is 4.39 Å². The van der Waals surface area contributed by atoms with E-state index in [9.17, 15) is 24.4 Å². The monoisotopic (exact) mass is 282 g/mol. The lowest BCUT2D eigenvalue weighted by atomic mass is 10.0. The van der Waals surface area contributed by atoms with Crippen molar-refractivity contribution in [3.8, 4) is 0 Å². The molecule has 2 rings (SSSR count).